The Hall–Kier alpha value is -1.88. The molecule has 2 aromatic rings. The van der Waals surface area contributed by atoms with Crippen molar-refractivity contribution >= 4 is 0 Å². The Labute approximate surface area is 87.0 Å². The first-order valence-corrected chi connectivity index (χ1v) is 4.61. The van der Waals surface area contributed by atoms with E-state index >= 15 is 0 Å². The molecule has 15 heavy (non-hydrogen) atoms. The third-order valence-electron chi connectivity index (χ3n) is 1.81. The summed E-state index contributed by atoms with van der Waals surface area (Å²) < 4.78 is 6.68. The van der Waals surface area contributed by atoms with Gasteiger partial charge in [0.15, 0.2) is 0 Å². The van der Waals surface area contributed by atoms with Crippen LogP contribution in [0.1, 0.15) is 0 Å². The Morgan fingerprint density at radius 3 is 2.80 bits per heavy atom. The van der Waals surface area contributed by atoms with Crippen LogP contribution in [0.2, 0.25) is 0 Å². The molecule has 1 aromatic carbocycles. The van der Waals surface area contributed by atoms with Crippen LogP contribution in [-0.2, 0) is 0 Å². The summed E-state index contributed by atoms with van der Waals surface area (Å²) in [7, 11) is 0. The molecule has 1 aromatic heterocycles. The van der Waals surface area contributed by atoms with Crippen molar-refractivity contribution in [1.82, 2.24) is 14.8 Å². The first kappa shape index (κ1) is 9.67. The molecular formula is C10H11N3O2. The van der Waals surface area contributed by atoms with Crippen molar-refractivity contribution in [1.29, 1.82) is 0 Å². The van der Waals surface area contributed by atoms with Crippen LogP contribution in [-0.4, -0.2) is 33.1 Å². The van der Waals surface area contributed by atoms with Gasteiger partial charge in [-0.05, 0) is 12.1 Å². The van der Waals surface area contributed by atoms with E-state index in [1.165, 1.54) is 0 Å². The molecular weight excluding hydrogens is 194 g/mol. The highest BCUT2D eigenvalue weighted by Crippen LogP contribution is 2.07. The maximum absolute atomic E-state index is 8.56. The molecule has 0 fully saturated rings. The van der Waals surface area contributed by atoms with Crippen molar-refractivity contribution in [3.8, 4) is 11.7 Å². The maximum Gasteiger partial charge on any atom is 0.335 e. The van der Waals surface area contributed by atoms with Crippen molar-refractivity contribution in [2.75, 3.05) is 13.2 Å². The second kappa shape index (κ2) is 4.56. The molecule has 0 spiro atoms. The molecule has 78 valence electrons. The molecule has 1 N–H and O–H groups in total. The Kier molecular flexibility index (Phi) is 2.94. The predicted octanol–water partition coefficient (Wildman–Crippen LogP) is 0.638. The van der Waals surface area contributed by atoms with Crippen molar-refractivity contribution in [2.24, 2.45) is 0 Å². The molecule has 1 heterocycles. The zero-order valence-electron chi connectivity index (χ0n) is 8.08. The Morgan fingerprint density at radius 2 is 2.07 bits per heavy atom. The molecule has 0 saturated heterocycles. The predicted molar refractivity (Wildman–Crippen MR) is 53.9 cm³/mol. The molecule has 0 unspecified atom stereocenters. The van der Waals surface area contributed by atoms with Gasteiger partial charge in [0.1, 0.15) is 12.9 Å². The van der Waals surface area contributed by atoms with Crippen molar-refractivity contribution in [2.45, 2.75) is 0 Å². The number of hydrogen-bond acceptors (Lipinski definition) is 4. The molecule has 5 nitrogen and oxygen atoms in total. The van der Waals surface area contributed by atoms with E-state index in [2.05, 4.69) is 10.1 Å². The third kappa shape index (κ3) is 2.32. The first-order chi connectivity index (χ1) is 7.40. The lowest BCUT2D eigenvalue weighted by atomic mass is 10.3. The third-order valence-corrected chi connectivity index (χ3v) is 1.81. The number of hydrogen-bond donors (Lipinski definition) is 1. The summed E-state index contributed by atoms with van der Waals surface area (Å²) >= 11 is 0. The van der Waals surface area contributed by atoms with E-state index < -0.39 is 0 Å². The van der Waals surface area contributed by atoms with Gasteiger partial charge in [0.05, 0.1) is 12.3 Å². The van der Waals surface area contributed by atoms with Crippen LogP contribution in [0.15, 0.2) is 36.7 Å². The first-order valence-electron chi connectivity index (χ1n) is 4.61. The van der Waals surface area contributed by atoms with E-state index in [1.807, 2.05) is 30.3 Å². The van der Waals surface area contributed by atoms with Gasteiger partial charge in [-0.3, -0.25) is 0 Å². The number of ether oxygens (including phenoxy) is 1. The molecule has 0 atom stereocenters. The lowest BCUT2D eigenvalue weighted by Crippen LogP contribution is -2.03. The Balaban J connectivity index is 2.14. The standard InChI is InChI=1S/C10H11N3O2/c14-6-7-15-10-11-8-13(12-10)9-4-2-1-3-5-9/h1-5,8,14H,6-7H2. The number of aliphatic hydroxyl groups is 1. The number of aliphatic hydroxyl groups excluding tert-OH is 1. The molecule has 0 saturated carbocycles. The average molecular weight is 205 g/mol. The summed E-state index contributed by atoms with van der Waals surface area (Å²) in [6.45, 7) is 0.165. The summed E-state index contributed by atoms with van der Waals surface area (Å²) in [5.41, 5.74) is 0.920. The molecule has 0 amide bonds. The maximum atomic E-state index is 8.56. The van der Waals surface area contributed by atoms with E-state index in [1.54, 1.807) is 11.0 Å². The summed E-state index contributed by atoms with van der Waals surface area (Å²) in [6.07, 6.45) is 1.57. The van der Waals surface area contributed by atoms with Gasteiger partial charge < -0.3 is 9.84 Å². The van der Waals surface area contributed by atoms with Gasteiger partial charge in [0.25, 0.3) is 0 Å². The highest BCUT2D eigenvalue weighted by molar-refractivity contribution is 5.29. The van der Waals surface area contributed by atoms with Gasteiger partial charge in [0, 0.05) is 0 Å². The highest BCUT2D eigenvalue weighted by atomic mass is 16.5. The number of rotatable bonds is 4. The fourth-order valence-corrected chi connectivity index (χ4v) is 1.16. The molecule has 0 radical (unpaired) electrons. The highest BCUT2D eigenvalue weighted by Gasteiger charge is 2.02. The van der Waals surface area contributed by atoms with Gasteiger partial charge in [-0.1, -0.05) is 18.2 Å². The van der Waals surface area contributed by atoms with Gasteiger partial charge in [0.2, 0.25) is 0 Å². The summed E-state index contributed by atoms with van der Waals surface area (Å²) in [6, 6.07) is 9.89. The van der Waals surface area contributed by atoms with Gasteiger partial charge in [-0.15, -0.1) is 5.10 Å². The summed E-state index contributed by atoms with van der Waals surface area (Å²) in [4.78, 5) is 3.95. The summed E-state index contributed by atoms with van der Waals surface area (Å²) in [5.74, 6) is 0. The lowest BCUT2D eigenvalue weighted by Gasteiger charge is -1.98. The monoisotopic (exact) mass is 205 g/mol. The minimum atomic E-state index is -0.0418. The largest absolute Gasteiger partial charge is 0.460 e. The van der Waals surface area contributed by atoms with Crippen LogP contribution in [0.5, 0.6) is 6.01 Å². The van der Waals surface area contributed by atoms with Crippen molar-refractivity contribution < 1.29 is 9.84 Å². The fraction of sp³-hybridized carbons (Fsp3) is 0.200. The number of aromatic nitrogens is 3. The smallest absolute Gasteiger partial charge is 0.335 e. The van der Waals surface area contributed by atoms with Crippen LogP contribution >= 0.6 is 0 Å². The minimum absolute atomic E-state index is 0.0418. The topological polar surface area (TPSA) is 60.2 Å². The lowest BCUT2D eigenvalue weighted by molar-refractivity contribution is 0.191. The quantitative estimate of drug-likeness (QED) is 0.795. The molecule has 2 rings (SSSR count). The molecule has 0 bridgehead atoms. The molecule has 0 aliphatic rings. The van der Waals surface area contributed by atoms with Crippen LogP contribution in [0.4, 0.5) is 0 Å². The second-order valence-electron chi connectivity index (χ2n) is 2.88. The molecule has 0 aliphatic heterocycles. The summed E-state index contributed by atoms with van der Waals surface area (Å²) in [5, 5.41) is 12.7. The molecule has 5 heteroatoms. The Bertz CT molecular complexity index is 414. The zero-order chi connectivity index (χ0) is 10.5. The minimum Gasteiger partial charge on any atom is -0.460 e. The van der Waals surface area contributed by atoms with Crippen molar-refractivity contribution in [3.63, 3.8) is 0 Å². The van der Waals surface area contributed by atoms with Gasteiger partial charge in [-0.2, -0.15) is 4.98 Å². The fourth-order valence-electron chi connectivity index (χ4n) is 1.16. The Morgan fingerprint density at radius 1 is 1.27 bits per heavy atom. The van der Waals surface area contributed by atoms with Crippen molar-refractivity contribution in [3.05, 3.63) is 36.7 Å². The normalized spacial score (nSPS) is 10.2. The van der Waals surface area contributed by atoms with E-state index in [0.29, 0.717) is 0 Å². The molecule has 0 aliphatic carbocycles. The van der Waals surface area contributed by atoms with Crippen LogP contribution < -0.4 is 4.74 Å². The number of benzene rings is 1. The van der Waals surface area contributed by atoms with E-state index in [9.17, 15) is 0 Å². The average Bonchev–Trinajstić information content (AvgIpc) is 2.76. The van der Waals surface area contributed by atoms with Gasteiger partial charge in [-0.25, -0.2) is 4.68 Å². The SMILES string of the molecule is OCCOc1ncn(-c2ccccc2)n1. The second-order valence-corrected chi connectivity index (χ2v) is 2.88. The van der Waals surface area contributed by atoms with E-state index in [-0.39, 0.29) is 19.2 Å². The van der Waals surface area contributed by atoms with Gasteiger partial charge >= 0.3 is 6.01 Å². The van der Waals surface area contributed by atoms with Crippen LogP contribution in [0.3, 0.4) is 0 Å². The number of para-hydroxylation sites is 1. The van der Waals surface area contributed by atoms with Crippen LogP contribution in [0, 0.1) is 0 Å². The zero-order valence-corrected chi connectivity index (χ0v) is 8.08. The number of nitrogens with zero attached hydrogens (tertiary/aromatic N) is 3. The van der Waals surface area contributed by atoms with Crippen LogP contribution in [0.25, 0.3) is 5.69 Å². The van der Waals surface area contributed by atoms with E-state index in [0.717, 1.165) is 5.69 Å². The van der Waals surface area contributed by atoms with E-state index in [4.69, 9.17) is 9.84 Å².